The second kappa shape index (κ2) is 5.11. The van der Waals surface area contributed by atoms with Gasteiger partial charge in [-0.05, 0) is 36.3 Å². The Kier molecular flexibility index (Phi) is 3.77. The normalized spacial score (nSPS) is 22.1. The molecule has 0 bridgehead atoms. The molecule has 0 amide bonds. The highest BCUT2D eigenvalue weighted by atomic mass is 32.2. The van der Waals surface area contributed by atoms with Crippen LogP contribution in [0.25, 0.3) is 0 Å². The molecular weight excluding hydrogens is 218 g/mol. The number of hydrogen-bond donors (Lipinski definition) is 1. The van der Waals surface area contributed by atoms with E-state index in [9.17, 15) is 0 Å². The number of aryl methyl sites for hydroxylation is 1. The Morgan fingerprint density at radius 3 is 2.94 bits per heavy atom. The molecule has 88 valence electrons. The molecule has 2 nitrogen and oxygen atoms in total. The van der Waals surface area contributed by atoms with Crippen molar-refractivity contribution in [2.24, 2.45) is 11.7 Å². The minimum atomic E-state index is 0.116. The Labute approximate surface area is 102 Å². The molecule has 1 aliphatic rings. The van der Waals surface area contributed by atoms with Crippen molar-refractivity contribution in [2.75, 3.05) is 18.6 Å². The average Bonchev–Trinajstić information content (AvgIpc) is 2.81. The second-order valence-electron chi connectivity index (χ2n) is 4.35. The molecule has 2 N–H and O–H groups in total. The lowest BCUT2D eigenvalue weighted by Gasteiger charge is -2.22. The molecule has 1 aromatic rings. The maximum atomic E-state index is 6.35. The summed E-state index contributed by atoms with van der Waals surface area (Å²) in [5.74, 6) is 3.98. The molecule has 0 saturated carbocycles. The summed E-state index contributed by atoms with van der Waals surface area (Å²) in [6.45, 7) is 2.07. The summed E-state index contributed by atoms with van der Waals surface area (Å²) >= 11 is 2.00. The lowest BCUT2D eigenvalue weighted by Crippen LogP contribution is -2.22. The number of hydrogen-bond acceptors (Lipinski definition) is 3. The Morgan fingerprint density at radius 2 is 2.31 bits per heavy atom. The van der Waals surface area contributed by atoms with Gasteiger partial charge < -0.3 is 10.5 Å². The number of thioether (sulfide) groups is 1. The molecule has 3 heteroatoms. The molecule has 0 aromatic heterocycles. The molecule has 0 spiro atoms. The highest BCUT2D eigenvalue weighted by molar-refractivity contribution is 7.99. The fraction of sp³-hybridized carbons (Fsp3) is 0.538. The summed E-state index contributed by atoms with van der Waals surface area (Å²) < 4.78 is 5.47. The monoisotopic (exact) mass is 237 g/mol. The molecule has 2 unspecified atom stereocenters. The molecule has 2 rings (SSSR count). The Balaban J connectivity index is 2.27. The van der Waals surface area contributed by atoms with Crippen LogP contribution in [0, 0.1) is 12.8 Å². The first-order valence-corrected chi connectivity index (χ1v) is 6.86. The third-order valence-corrected chi connectivity index (χ3v) is 4.47. The summed E-state index contributed by atoms with van der Waals surface area (Å²) in [4.78, 5) is 0. The minimum Gasteiger partial charge on any atom is -0.496 e. The second-order valence-corrected chi connectivity index (χ2v) is 5.50. The number of benzene rings is 1. The lowest BCUT2D eigenvalue weighted by atomic mass is 9.91. The van der Waals surface area contributed by atoms with Gasteiger partial charge >= 0.3 is 0 Å². The van der Waals surface area contributed by atoms with Gasteiger partial charge in [0.1, 0.15) is 5.75 Å². The van der Waals surface area contributed by atoms with Crippen molar-refractivity contribution in [3.05, 3.63) is 29.3 Å². The maximum Gasteiger partial charge on any atom is 0.126 e. The Morgan fingerprint density at radius 1 is 1.50 bits per heavy atom. The van der Waals surface area contributed by atoms with E-state index in [2.05, 4.69) is 25.1 Å². The van der Waals surface area contributed by atoms with E-state index >= 15 is 0 Å². The van der Waals surface area contributed by atoms with Crippen molar-refractivity contribution in [3.8, 4) is 5.75 Å². The van der Waals surface area contributed by atoms with E-state index in [1.165, 1.54) is 23.5 Å². The van der Waals surface area contributed by atoms with E-state index in [0.29, 0.717) is 5.92 Å². The molecule has 1 heterocycles. The Bertz CT molecular complexity index is 361. The predicted octanol–water partition coefficient (Wildman–Crippen LogP) is 2.76. The average molecular weight is 237 g/mol. The van der Waals surface area contributed by atoms with Gasteiger partial charge in [0, 0.05) is 11.6 Å². The van der Waals surface area contributed by atoms with Gasteiger partial charge in [-0.25, -0.2) is 0 Å². The van der Waals surface area contributed by atoms with Crippen LogP contribution >= 0.6 is 11.8 Å². The highest BCUT2D eigenvalue weighted by Gasteiger charge is 2.26. The van der Waals surface area contributed by atoms with Gasteiger partial charge in [0.15, 0.2) is 0 Å². The summed E-state index contributed by atoms with van der Waals surface area (Å²) in [5.41, 5.74) is 8.68. The SMILES string of the molecule is COc1c(C)cccc1C(N)C1CCSC1. The number of rotatable bonds is 3. The Hall–Kier alpha value is -0.670. The molecule has 1 aromatic carbocycles. The van der Waals surface area contributed by atoms with E-state index < -0.39 is 0 Å². The summed E-state index contributed by atoms with van der Waals surface area (Å²) in [7, 11) is 1.72. The van der Waals surface area contributed by atoms with Crippen LogP contribution < -0.4 is 10.5 Å². The van der Waals surface area contributed by atoms with Crippen molar-refractivity contribution < 1.29 is 4.74 Å². The van der Waals surface area contributed by atoms with Crippen LogP contribution in [0.2, 0.25) is 0 Å². The van der Waals surface area contributed by atoms with E-state index in [0.717, 1.165) is 11.3 Å². The predicted molar refractivity (Wildman–Crippen MR) is 70.1 cm³/mol. The third-order valence-electron chi connectivity index (χ3n) is 3.28. The van der Waals surface area contributed by atoms with Crippen molar-refractivity contribution in [1.29, 1.82) is 0 Å². The molecular formula is C13H19NOS. The van der Waals surface area contributed by atoms with Gasteiger partial charge in [-0.1, -0.05) is 18.2 Å². The van der Waals surface area contributed by atoms with Crippen LogP contribution in [-0.4, -0.2) is 18.6 Å². The minimum absolute atomic E-state index is 0.116. The van der Waals surface area contributed by atoms with Crippen LogP contribution in [0.15, 0.2) is 18.2 Å². The molecule has 16 heavy (non-hydrogen) atoms. The lowest BCUT2D eigenvalue weighted by molar-refractivity contribution is 0.390. The standard InChI is InChI=1S/C13H19NOS/c1-9-4-3-5-11(13(9)15-2)12(14)10-6-7-16-8-10/h3-5,10,12H,6-8,14H2,1-2H3. The largest absolute Gasteiger partial charge is 0.496 e. The van der Waals surface area contributed by atoms with E-state index in [4.69, 9.17) is 10.5 Å². The van der Waals surface area contributed by atoms with Crippen molar-refractivity contribution in [1.82, 2.24) is 0 Å². The quantitative estimate of drug-likeness (QED) is 0.878. The molecule has 1 fully saturated rings. The first-order chi connectivity index (χ1) is 7.74. The number of methoxy groups -OCH3 is 1. The number of nitrogens with two attached hydrogens (primary N) is 1. The first-order valence-electron chi connectivity index (χ1n) is 5.71. The van der Waals surface area contributed by atoms with Crippen LogP contribution in [0.1, 0.15) is 23.6 Å². The molecule has 1 saturated heterocycles. The topological polar surface area (TPSA) is 35.2 Å². The number of ether oxygens (including phenoxy) is 1. The van der Waals surface area contributed by atoms with E-state index in [-0.39, 0.29) is 6.04 Å². The van der Waals surface area contributed by atoms with Crippen molar-refractivity contribution >= 4 is 11.8 Å². The van der Waals surface area contributed by atoms with Gasteiger partial charge in [0.25, 0.3) is 0 Å². The fourth-order valence-electron chi connectivity index (χ4n) is 2.31. The number of para-hydroxylation sites is 1. The maximum absolute atomic E-state index is 6.35. The summed E-state index contributed by atoms with van der Waals surface area (Å²) in [6, 6.07) is 6.34. The van der Waals surface area contributed by atoms with Gasteiger partial charge in [0.05, 0.1) is 7.11 Å². The van der Waals surface area contributed by atoms with Gasteiger partial charge in [-0.3, -0.25) is 0 Å². The fourth-order valence-corrected chi connectivity index (χ4v) is 3.62. The zero-order valence-electron chi connectivity index (χ0n) is 9.90. The summed E-state index contributed by atoms with van der Waals surface area (Å²) in [5, 5.41) is 0. The van der Waals surface area contributed by atoms with Crippen molar-refractivity contribution in [3.63, 3.8) is 0 Å². The molecule has 2 atom stereocenters. The third kappa shape index (κ3) is 2.20. The van der Waals surface area contributed by atoms with Gasteiger partial charge in [0.2, 0.25) is 0 Å². The summed E-state index contributed by atoms with van der Waals surface area (Å²) in [6.07, 6.45) is 1.23. The molecule has 0 radical (unpaired) electrons. The zero-order valence-corrected chi connectivity index (χ0v) is 10.7. The van der Waals surface area contributed by atoms with Crippen LogP contribution in [-0.2, 0) is 0 Å². The van der Waals surface area contributed by atoms with Gasteiger partial charge in [-0.2, -0.15) is 11.8 Å². The highest BCUT2D eigenvalue weighted by Crippen LogP contribution is 2.37. The van der Waals surface area contributed by atoms with Gasteiger partial charge in [-0.15, -0.1) is 0 Å². The smallest absolute Gasteiger partial charge is 0.126 e. The zero-order chi connectivity index (χ0) is 11.5. The van der Waals surface area contributed by atoms with E-state index in [1.807, 2.05) is 11.8 Å². The van der Waals surface area contributed by atoms with E-state index in [1.54, 1.807) is 7.11 Å². The molecule has 1 aliphatic heterocycles. The molecule has 0 aliphatic carbocycles. The van der Waals surface area contributed by atoms with Crippen LogP contribution in [0.4, 0.5) is 0 Å². The van der Waals surface area contributed by atoms with Crippen LogP contribution in [0.3, 0.4) is 0 Å². The first kappa shape index (κ1) is 11.8. The van der Waals surface area contributed by atoms with Crippen LogP contribution in [0.5, 0.6) is 5.75 Å². The van der Waals surface area contributed by atoms with Crippen molar-refractivity contribution in [2.45, 2.75) is 19.4 Å².